The van der Waals surface area contributed by atoms with Gasteiger partial charge >= 0.3 is 0 Å². The van der Waals surface area contributed by atoms with Crippen LogP contribution in [0.15, 0.2) is 95.3 Å². The van der Waals surface area contributed by atoms with Gasteiger partial charge in [0.2, 0.25) is 0 Å². The summed E-state index contributed by atoms with van der Waals surface area (Å²) in [5.74, 6) is 1.12. The minimum absolute atomic E-state index is 0.139. The molecule has 3 aromatic carbocycles. The van der Waals surface area contributed by atoms with Gasteiger partial charge in [0.05, 0.1) is 6.61 Å². The lowest BCUT2D eigenvalue weighted by atomic mass is 9.71. The van der Waals surface area contributed by atoms with Crippen LogP contribution in [-0.2, 0) is 22.7 Å². The standard InChI is InChI=1S/C35H34ClNO4/c1-2-40-32-20-25(16-19-31(32)41-22-24-14-17-26(36)18-15-24)33-34-27(10-6-12-29(34)38)37(21-23-8-4-3-5-9-23)28-11-7-13-30(39)35(28)33/h3-5,8-9,14-20,33H,2,6-7,10-13,21-22H2,1H3. The second-order valence-electron chi connectivity index (χ2n) is 10.8. The molecule has 1 heterocycles. The second kappa shape index (κ2) is 12.0. The molecule has 0 bridgehead atoms. The molecule has 0 saturated heterocycles. The first-order chi connectivity index (χ1) is 20.0. The first-order valence-electron chi connectivity index (χ1n) is 14.5. The Balaban J connectivity index is 1.41. The van der Waals surface area contributed by atoms with Crippen molar-refractivity contribution in [2.24, 2.45) is 0 Å². The summed E-state index contributed by atoms with van der Waals surface area (Å²) in [6, 6.07) is 23.7. The fourth-order valence-corrected chi connectivity index (χ4v) is 6.47. The normalized spacial score (nSPS) is 17.5. The van der Waals surface area contributed by atoms with Crippen LogP contribution >= 0.6 is 11.6 Å². The third kappa shape index (κ3) is 5.56. The molecule has 0 fully saturated rings. The van der Waals surface area contributed by atoms with Crippen LogP contribution in [0.4, 0.5) is 0 Å². The topological polar surface area (TPSA) is 55.8 Å². The lowest BCUT2D eigenvalue weighted by Crippen LogP contribution is -2.38. The van der Waals surface area contributed by atoms with Crippen LogP contribution in [0.25, 0.3) is 0 Å². The fourth-order valence-electron chi connectivity index (χ4n) is 6.34. The molecule has 6 heteroatoms. The molecule has 0 unspecified atom stereocenters. The molecule has 0 saturated carbocycles. The zero-order valence-corrected chi connectivity index (χ0v) is 24.1. The largest absolute Gasteiger partial charge is 0.490 e. The van der Waals surface area contributed by atoms with E-state index in [0.29, 0.717) is 49.1 Å². The molecular formula is C35H34ClNO4. The average Bonchev–Trinajstić information content (AvgIpc) is 2.99. The summed E-state index contributed by atoms with van der Waals surface area (Å²) in [4.78, 5) is 29.6. The monoisotopic (exact) mass is 567 g/mol. The third-order valence-corrected chi connectivity index (χ3v) is 8.43. The number of allylic oxidation sites excluding steroid dienone is 4. The Bertz CT molecular complexity index is 1480. The summed E-state index contributed by atoms with van der Waals surface area (Å²) in [7, 11) is 0. The maximum atomic E-state index is 13.7. The van der Waals surface area contributed by atoms with E-state index < -0.39 is 5.92 Å². The van der Waals surface area contributed by atoms with E-state index in [1.54, 1.807) is 0 Å². The molecule has 0 spiro atoms. The van der Waals surface area contributed by atoms with Crippen LogP contribution in [0.3, 0.4) is 0 Å². The number of carbonyl (C=O) groups excluding carboxylic acids is 2. The van der Waals surface area contributed by atoms with Gasteiger partial charge in [0, 0.05) is 52.9 Å². The molecule has 3 aromatic rings. The lowest BCUT2D eigenvalue weighted by Gasteiger charge is -2.44. The van der Waals surface area contributed by atoms with E-state index in [1.165, 1.54) is 5.56 Å². The van der Waals surface area contributed by atoms with Crippen LogP contribution < -0.4 is 9.47 Å². The molecule has 2 aliphatic carbocycles. The van der Waals surface area contributed by atoms with E-state index >= 15 is 0 Å². The molecule has 3 aliphatic rings. The minimum atomic E-state index is -0.392. The number of benzene rings is 3. The molecule has 1 aliphatic heterocycles. The maximum absolute atomic E-state index is 13.7. The number of carbonyl (C=O) groups is 2. The number of hydrogen-bond donors (Lipinski definition) is 0. The number of halogens is 1. The summed E-state index contributed by atoms with van der Waals surface area (Å²) in [5.41, 5.74) is 6.77. The number of Topliss-reactive ketones (excluding diaryl/α,β-unsaturated/α-hetero) is 2. The van der Waals surface area contributed by atoms with Crippen molar-refractivity contribution < 1.29 is 19.1 Å². The van der Waals surface area contributed by atoms with Crippen LogP contribution in [0.2, 0.25) is 5.02 Å². The van der Waals surface area contributed by atoms with Gasteiger partial charge in [-0.1, -0.05) is 60.1 Å². The Labute approximate surface area is 246 Å². The van der Waals surface area contributed by atoms with Gasteiger partial charge in [0.25, 0.3) is 0 Å². The highest BCUT2D eigenvalue weighted by atomic mass is 35.5. The molecule has 0 amide bonds. The summed E-state index contributed by atoms with van der Waals surface area (Å²) in [6.07, 6.45) is 4.33. The fraction of sp³-hybridized carbons (Fsp3) is 0.314. The molecule has 41 heavy (non-hydrogen) atoms. The Morgan fingerprint density at radius 2 is 1.41 bits per heavy atom. The maximum Gasteiger partial charge on any atom is 0.161 e. The zero-order chi connectivity index (χ0) is 28.3. The molecule has 0 N–H and O–H groups in total. The van der Waals surface area contributed by atoms with Crippen molar-refractivity contribution in [3.8, 4) is 11.5 Å². The van der Waals surface area contributed by atoms with Gasteiger partial charge < -0.3 is 14.4 Å². The molecule has 5 nitrogen and oxygen atoms in total. The average molecular weight is 568 g/mol. The van der Waals surface area contributed by atoms with Crippen LogP contribution in [0, 0.1) is 0 Å². The summed E-state index contributed by atoms with van der Waals surface area (Å²) < 4.78 is 12.2. The van der Waals surface area contributed by atoms with Crippen molar-refractivity contribution in [3.05, 3.63) is 117 Å². The predicted octanol–water partition coefficient (Wildman–Crippen LogP) is 7.93. The van der Waals surface area contributed by atoms with Crippen molar-refractivity contribution in [1.29, 1.82) is 0 Å². The van der Waals surface area contributed by atoms with Gasteiger partial charge in [-0.15, -0.1) is 0 Å². The van der Waals surface area contributed by atoms with Crippen molar-refractivity contribution >= 4 is 23.2 Å². The highest BCUT2D eigenvalue weighted by Crippen LogP contribution is 2.50. The Morgan fingerprint density at radius 3 is 2.05 bits per heavy atom. The van der Waals surface area contributed by atoms with Crippen molar-refractivity contribution in [3.63, 3.8) is 0 Å². The van der Waals surface area contributed by atoms with Crippen molar-refractivity contribution in [2.45, 2.75) is 64.5 Å². The van der Waals surface area contributed by atoms with Crippen molar-refractivity contribution in [1.82, 2.24) is 4.90 Å². The van der Waals surface area contributed by atoms with Gasteiger partial charge in [0.1, 0.15) is 6.61 Å². The van der Waals surface area contributed by atoms with E-state index in [4.69, 9.17) is 21.1 Å². The molecule has 6 rings (SSSR count). The number of hydrogen-bond acceptors (Lipinski definition) is 5. The van der Waals surface area contributed by atoms with Crippen LogP contribution in [-0.4, -0.2) is 23.1 Å². The second-order valence-corrected chi connectivity index (χ2v) is 11.3. The van der Waals surface area contributed by atoms with E-state index in [-0.39, 0.29) is 11.6 Å². The Hall–Kier alpha value is -3.83. The number of rotatable bonds is 8. The van der Waals surface area contributed by atoms with E-state index in [2.05, 4.69) is 17.0 Å². The first-order valence-corrected chi connectivity index (χ1v) is 14.9. The van der Waals surface area contributed by atoms with Gasteiger partial charge in [0.15, 0.2) is 23.1 Å². The van der Waals surface area contributed by atoms with Gasteiger partial charge in [-0.2, -0.15) is 0 Å². The molecule has 0 radical (unpaired) electrons. The SMILES string of the molecule is CCOc1cc(C2C3=C(CCCC3=O)N(Cc3ccccc3)C3=C2C(=O)CCC3)ccc1OCc1ccc(Cl)cc1. The smallest absolute Gasteiger partial charge is 0.161 e. The Kier molecular flexibility index (Phi) is 7.97. The molecule has 0 atom stereocenters. The van der Waals surface area contributed by atoms with Gasteiger partial charge in [-0.3, -0.25) is 9.59 Å². The van der Waals surface area contributed by atoms with Gasteiger partial charge in [-0.05, 0) is 73.6 Å². The number of nitrogens with zero attached hydrogens (tertiary/aromatic N) is 1. The Morgan fingerprint density at radius 1 is 0.756 bits per heavy atom. The molecule has 0 aromatic heterocycles. The summed E-state index contributed by atoms with van der Waals surface area (Å²) >= 11 is 6.03. The van der Waals surface area contributed by atoms with Crippen LogP contribution in [0.5, 0.6) is 11.5 Å². The molecular weight excluding hydrogens is 534 g/mol. The van der Waals surface area contributed by atoms with E-state index in [1.807, 2.05) is 67.6 Å². The first kappa shape index (κ1) is 27.3. The van der Waals surface area contributed by atoms with E-state index in [9.17, 15) is 9.59 Å². The summed E-state index contributed by atoms with van der Waals surface area (Å²) in [5, 5.41) is 0.680. The number of ketones is 2. The molecule has 210 valence electrons. The highest BCUT2D eigenvalue weighted by molar-refractivity contribution is 6.30. The van der Waals surface area contributed by atoms with Crippen LogP contribution in [0.1, 0.15) is 68.1 Å². The summed E-state index contributed by atoms with van der Waals surface area (Å²) in [6.45, 7) is 3.44. The predicted molar refractivity (Wildman–Crippen MR) is 160 cm³/mol. The van der Waals surface area contributed by atoms with E-state index in [0.717, 1.165) is 59.4 Å². The van der Waals surface area contributed by atoms with Crippen molar-refractivity contribution in [2.75, 3.05) is 6.61 Å². The zero-order valence-electron chi connectivity index (χ0n) is 23.3. The highest BCUT2D eigenvalue weighted by Gasteiger charge is 2.43. The quantitative estimate of drug-likeness (QED) is 0.276. The van der Waals surface area contributed by atoms with Gasteiger partial charge in [-0.25, -0.2) is 0 Å². The number of ether oxygens (including phenoxy) is 2. The minimum Gasteiger partial charge on any atom is -0.490 e. The lowest BCUT2D eigenvalue weighted by molar-refractivity contribution is -0.117. The third-order valence-electron chi connectivity index (χ3n) is 8.18.